The number of halogens is 2. The van der Waals surface area contributed by atoms with Gasteiger partial charge in [-0.25, -0.2) is 18.8 Å². The maximum atomic E-state index is 13.0. The molecule has 0 bridgehead atoms. The Kier molecular flexibility index (Phi) is 8.93. The first-order valence-corrected chi connectivity index (χ1v) is 13.9. The van der Waals surface area contributed by atoms with Gasteiger partial charge in [0.1, 0.15) is 10.0 Å². The molecule has 35 heavy (non-hydrogen) atoms. The number of aromatic nitrogens is 3. The van der Waals surface area contributed by atoms with E-state index in [1.165, 1.54) is 41.9 Å². The number of ether oxygens (including phenoxy) is 1. The Balaban J connectivity index is 1.13. The number of amides is 1. The number of rotatable bonds is 9. The number of thiazole rings is 1. The SMILES string of the molecule is Cc1nnc(CC(=O)/N=C\C2CCC(CCN3CCc4nc(OCC(C)(F)F)sc4CC3)CC2)s1. The number of hydrogen-bond donors (Lipinski definition) is 0. The van der Waals surface area contributed by atoms with Crippen LogP contribution in [-0.2, 0) is 24.1 Å². The van der Waals surface area contributed by atoms with Crippen LogP contribution in [0.15, 0.2) is 4.99 Å². The Hall–Kier alpha value is -1.85. The zero-order valence-corrected chi connectivity index (χ0v) is 22.0. The molecule has 0 spiro atoms. The van der Waals surface area contributed by atoms with E-state index in [1.807, 2.05) is 13.1 Å². The number of aryl methyl sites for hydroxylation is 1. The molecule has 2 aromatic rings. The number of aliphatic imine (C=N–C) groups is 1. The standard InChI is InChI=1S/C24H33F2N5O2S2/c1-16-29-30-22(34-16)13-21(32)27-14-18-5-3-17(4-6-18)7-10-31-11-8-19-20(9-12-31)35-23(28-19)33-15-24(2,25)26/h14,17-18H,3-13,15H2,1-2H3/b27-14-. The molecule has 0 saturated heterocycles. The van der Waals surface area contributed by atoms with Gasteiger partial charge in [0.25, 0.3) is 17.0 Å². The fourth-order valence-electron chi connectivity index (χ4n) is 4.62. The maximum absolute atomic E-state index is 13.0. The van der Waals surface area contributed by atoms with Crippen LogP contribution >= 0.6 is 22.7 Å². The number of alkyl halides is 2. The number of nitrogens with zero attached hydrogens (tertiary/aromatic N) is 5. The predicted molar refractivity (Wildman–Crippen MR) is 134 cm³/mol. The third-order valence-electron chi connectivity index (χ3n) is 6.57. The third kappa shape index (κ3) is 8.35. The van der Waals surface area contributed by atoms with Crippen molar-refractivity contribution in [3.05, 3.63) is 20.6 Å². The van der Waals surface area contributed by atoms with E-state index in [2.05, 4.69) is 25.1 Å². The molecule has 1 aliphatic heterocycles. The Morgan fingerprint density at radius 3 is 2.69 bits per heavy atom. The highest BCUT2D eigenvalue weighted by Crippen LogP contribution is 2.32. The van der Waals surface area contributed by atoms with Crippen LogP contribution in [0.2, 0.25) is 0 Å². The average Bonchev–Trinajstić information content (AvgIpc) is 3.36. The summed E-state index contributed by atoms with van der Waals surface area (Å²) in [6.07, 6.45) is 9.52. The zero-order valence-electron chi connectivity index (χ0n) is 20.3. The van der Waals surface area contributed by atoms with Crippen LogP contribution in [-0.4, -0.2) is 64.4 Å². The highest BCUT2D eigenvalue weighted by Gasteiger charge is 2.25. The van der Waals surface area contributed by atoms with E-state index in [9.17, 15) is 13.6 Å². The minimum absolute atomic E-state index is 0.144. The quantitative estimate of drug-likeness (QED) is 0.439. The van der Waals surface area contributed by atoms with E-state index in [0.717, 1.165) is 72.8 Å². The normalized spacial score (nSPS) is 21.7. The molecule has 7 nitrogen and oxygen atoms in total. The van der Waals surface area contributed by atoms with Gasteiger partial charge in [0.05, 0.1) is 12.1 Å². The first kappa shape index (κ1) is 26.2. The van der Waals surface area contributed by atoms with Crippen LogP contribution in [0.5, 0.6) is 5.19 Å². The van der Waals surface area contributed by atoms with E-state index in [0.29, 0.717) is 17.0 Å². The number of carbonyl (C=O) groups excluding carboxylic acids is 1. The second kappa shape index (κ2) is 11.9. The molecule has 3 heterocycles. The summed E-state index contributed by atoms with van der Waals surface area (Å²) >= 11 is 2.85. The smallest absolute Gasteiger partial charge is 0.278 e. The molecule has 0 atom stereocenters. The minimum Gasteiger partial charge on any atom is -0.464 e. The lowest BCUT2D eigenvalue weighted by Crippen LogP contribution is -2.29. The third-order valence-corrected chi connectivity index (χ3v) is 8.48. The van der Waals surface area contributed by atoms with Gasteiger partial charge in [-0.05, 0) is 63.8 Å². The minimum atomic E-state index is -2.84. The summed E-state index contributed by atoms with van der Waals surface area (Å²) in [5, 5.41) is 9.88. The molecule has 1 amide bonds. The molecule has 1 aliphatic carbocycles. The lowest BCUT2D eigenvalue weighted by molar-refractivity contribution is -0.117. The average molecular weight is 526 g/mol. The molecule has 0 unspecified atom stereocenters. The Morgan fingerprint density at radius 2 is 1.97 bits per heavy atom. The van der Waals surface area contributed by atoms with Crippen molar-refractivity contribution >= 4 is 34.8 Å². The van der Waals surface area contributed by atoms with Crippen molar-refractivity contribution < 1.29 is 18.3 Å². The zero-order chi connectivity index (χ0) is 24.8. The van der Waals surface area contributed by atoms with E-state index in [1.54, 1.807) is 0 Å². The van der Waals surface area contributed by atoms with Crippen LogP contribution in [0.1, 0.15) is 59.6 Å². The van der Waals surface area contributed by atoms with Crippen LogP contribution in [0, 0.1) is 18.8 Å². The molecule has 4 rings (SSSR count). The number of hydrogen-bond acceptors (Lipinski definition) is 8. The van der Waals surface area contributed by atoms with Crippen molar-refractivity contribution in [2.75, 3.05) is 26.2 Å². The highest BCUT2D eigenvalue weighted by atomic mass is 32.1. The molecular formula is C24H33F2N5O2S2. The number of carbonyl (C=O) groups is 1. The Bertz CT molecular complexity index is 986. The van der Waals surface area contributed by atoms with Crippen LogP contribution < -0.4 is 4.74 Å². The van der Waals surface area contributed by atoms with Gasteiger partial charge in [0, 0.05) is 37.5 Å². The molecule has 11 heteroatoms. The lowest BCUT2D eigenvalue weighted by Gasteiger charge is -2.28. The first-order valence-electron chi connectivity index (χ1n) is 12.3. The molecule has 192 valence electrons. The van der Waals surface area contributed by atoms with Crippen molar-refractivity contribution in [3.63, 3.8) is 0 Å². The molecule has 0 aromatic carbocycles. The Labute approximate surface area is 213 Å². The van der Waals surface area contributed by atoms with Crippen molar-refractivity contribution in [2.45, 2.75) is 71.1 Å². The summed E-state index contributed by atoms with van der Waals surface area (Å²) in [7, 11) is 0. The monoisotopic (exact) mass is 525 g/mol. The topological polar surface area (TPSA) is 80.6 Å². The van der Waals surface area contributed by atoms with Crippen molar-refractivity contribution in [2.24, 2.45) is 16.8 Å². The van der Waals surface area contributed by atoms with Crippen LogP contribution in [0.4, 0.5) is 8.78 Å². The van der Waals surface area contributed by atoms with Gasteiger partial charge < -0.3 is 9.64 Å². The summed E-state index contributed by atoms with van der Waals surface area (Å²) in [6, 6.07) is 0. The fraction of sp³-hybridized carbons (Fsp3) is 0.708. The summed E-state index contributed by atoms with van der Waals surface area (Å²) in [4.78, 5) is 24.4. The van der Waals surface area contributed by atoms with E-state index < -0.39 is 12.5 Å². The van der Waals surface area contributed by atoms with Crippen LogP contribution in [0.25, 0.3) is 0 Å². The molecule has 2 aromatic heterocycles. The summed E-state index contributed by atoms with van der Waals surface area (Å²) < 4.78 is 31.3. The van der Waals surface area contributed by atoms with Crippen molar-refractivity contribution in [3.8, 4) is 5.19 Å². The second-order valence-corrected chi connectivity index (χ2v) is 12.0. The van der Waals surface area contributed by atoms with Gasteiger partial charge in [-0.3, -0.25) is 4.79 Å². The van der Waals surface area contributed by atoms with E-state index in [-0.39, 0.29) is 12.3 Å². The van der Waals surface area contributed by atoms with Crippen molar-refractivity contribution in [1.29, 1.82) is 0 Å². The summed E-state index contributed by atoms with van der Waals surface area (Å²) in [5.74, 6) is -1.89. The summed E-state index contributed by atoms with van der Waals surface area (Å²) in [5.41, 5.74) is 1.00. The second-order valence-electron chi connectivity index (χ2n) is 9.68. The number of fused-ring (bicyclic) bond motifs is 1. The van der Waals surface area contributed by atoms with Gasteiger partial charge >= 0.3 is 0 Å². The molecule has 1 saturated carbocycles. The fourth-order valence-corrected chi connectivity index (χ4v) is 6.27. The van der Waals surface area contributed by atoms with Gasteiger partial charge in [-0.2, -0.15) is 0 Å². The van der Waals surface area contributed by atoms with Crippen LogP contribution in [0.3, 0.4) is 0 Å². The molecule has 0 N–H and O–H groups in total. The summed E-state index contributed by atoms with van der Waals surface area (Å²) in [6.45, 7) is 5.09. The highest BCUT2D eigenvalue weighted by molar-refractivity contribution is 7.13. The lowest BCUT2D eigenvalue weighted by atomic mass is 9.81. The van der Waals surface area contributed by atoms with Gasteiger partial charge in [0.15, 0.2) is 6.61 Å². The molecule has 2 aliphatic rings. The Morgan fingerprint density at radius 1 is 1.20 bits per heavy atom. The maximum Gasteiger partial charge on any atom is 0.278 e. The molecule has 0 radical (unpaired) electrons. The first-order chi connectivity index (χ1) is 16.7. The van der Waals surface area contributed by atoms with Gasteiger partial charge in [-0.1, -0.05) is 11.3 Å². The van der Waals surface area contributed by atoms with Crippen molar-refractivity contribution in [1.82, 2.24) is 20.1 Å². The van der Waals surface area contributed by atoms with Gasteiger partial charge in [-0.15, -0.1) is 21.5 Å². The van der Waals surface area contributed by atoms with E-state index in [4.69, 9.17) is 4.74 Å². The molecule has 1 fully saturated rings. The molecular weight excluding hydrogens is 492 g/mol. The predicted octanol–water partition coefficient (Wildman–Crippen LogP) is 4.77. The largest absolute Gasteiger partial charge is 0.464 e. The van der Waals surface area contributed by atoms with E-state index >= 15 is 0 Å². The van der Waals surface area contributed by atoms with Gasteiger partial charge in [0.2, 0.25) is 0 Å².